The molecule has 116 valence electrons. The SMILES string of the molecule is COCc1ncsc1C(=O)N[C@@H](Cc1ccccc1)C(=O)O. The highest BCUT2D eigenvalue weighted by Gasteiger charge is 2.23. The minimum absolute atomic E-state index is 0.211. The summed E-state index contributed by atoms with van der Waals surface area (Å²) in [4.78, 5) is 28.0. The van der Waals surface area contributed by atoms with Gasteiger partial charge < -0.3 is 15.2 Å². The first-order valence-corrected chi connectivity index (χ1v) is 7.48. The number of methoxy groups -OCH3 is 1. The Morgan fingerprint density at radius 3 is 2.73 bits per heavy atom. The van der Waals surface area contributed by atoms with Gasteiger partial charge in [-0.15, -0.1) is 11.3 Å². The summed E-state index contributed by atoms with van der Waals surface area (Å²) in [5.41, 5.74) is 2.89. The lowest BCUT2D eigenvalue weighted by atomic mass is 10.1. The van der Waals surface area contributed by atoms with Crippen LogP contribution in [0.4, 0.5) is 0 Å². The van der Waals surface area contributed by atoms with Crippen LogP contribution in [0.3, 0.4) is 0 Å². The van der Waals surface area contributed by atoms with Crippen LogP contribution in [0.25, 0.3) is 0 Å². The Balaban J connectivity index is 2.09. The van der Waals surface area contributed by atoms with Gasteiger partial charge in [0.1, 0.15) is 10.9 Å². The summed E-state index contributed by atoms with van der Waals surface area (Å²) in [7, 11) is 1.51. The molecule has 0 saturated heterocycles. The summed E-state index contributed by atoms with van der Waals surface area (Å²) in [6.45, 7) is 0.211. The molecule has 1 amide bonds. The van der Waals surface area contributed by atoms with Gasteiger partial charge >= 0.3 is 5.97 Å². The fourth-order valence-corrected chi connectivity index (χ4v) is 2.67. The van der Waals surface area contributed by atoms with Gasteiger partial charge in [0.05, 0.1) is 17.8 Å². The number of thiazole rings is 1. The summed E-state index contributed by atoms with van der Waals surface area (Å²) in [6.07, 6.45) is 0.223. The van der Waals surface area contributed by atoms with Crippen LogP contribution in [0, 0.1) is 0 Å². The van der Waals surface area contributed by atoms with Crippen molar-refractivity contribution in [1.82, 2.24) is 10.3 Å². The number of nitrogens with one attached hydrogen (secondary N) is 1. The first-order valence-electron chi connectivity index (χ1n) is 6.60. The topological polar surface area (TPSA) is 88.5 Å². The highest BCUT2D eigenvalue weighted by molar-refractivity contribution is 7.11. The van der Waals surface area contributed by atoms with Gasteiger partial charge in [0.25, 0.3) is 5.91 Å². The minimum Gasteiger partial charge on any atom is -0.480 e. The molecule has 0 aliphatic rings. The first-order chi connectivity index (χ1) is 10.6. The van der Waals surface area contributed by atoms with E-state index in [1.807, 2.05) is 30.3 Å². The molecular formula is C15H16N2O4S. The van der Waals surface area contributed by atoms with Crippen LogP contribution in [0.15, 0.2) is 35.8 Å². The quantitative estimate of drug-likeness (QED) is 0.811. The molecule has 7 heteroatoms. The Kier molecular flexibility index (Phi) is 5.62. The maximum absolute atomic E-state index is 12.2. The summed E-state index contributed by atoms with van der Waals surface area (Å²) >= 11 is 1.16. The zero-order valence-corrected chi connectivity index (χ0v) is 12.8. The lowest BCUT2D eigenvalue weighted by Crippen LogP contribution is -2.42. The smallest absolute Gasteiger partial charge is 0.326 e. The number of carboxylic acid groups (broad SMARTS) is 1. The van der Waals surface area contributed by atoms with Crippen LogP contribution in [-0.4, -0.2) is 35.1 Å². The number of carbonyl (C=O) groups is 2. The molecule has 1 heterocycles. The van der Waals surface area contributed by atoms with E-state index in [4.69, 9.17) is 4.74 Å². The molecule has 6 nitrogen and oxygen atoms in total. The minimum atomic E-state index is -1.07. The van der Waals surface area contributed by atoms with Crippen molar-refractivity contribution in [3.05, 3.63) is 52.0 Å². The molecule has 2 aromatic rings. The van der Waals surface area contributed by atoms with Crippen LogP contribution >= 0.6 is 11.3 Å². The van der Waals surface area contributed by atoms with Gasteiger partial charge in [-0.3, -0.25) is 4.79 Å². The summed E-state index contributed by atoms with van der Waals surface area (Å²) in [5.74, 6) is -1.52. The van der Waals surface area contributed by atoms with E-state index < -0.39 is 17.9 Å². The van der Waals surface area contributed by atoms with Gasteiger partial charge in [0.15, 0.2) is 0 Å². The van der Waals surface area contributed by atoms with Crippen molar-refractivity contribution in [1.29, 1.82) is 0 Å². The number of aliphatic carboxylic acids is 1. The molecule has 2 rings (SSSR count). The molecule has 0 radical (unpaired) electrons. The van der Waals surface area contributed by atoms with Gasteiger partial charge in [0, 0.05) is 13.5 Å². The normalized spacial score (nSPS) is 11.9. The Morgan fingerprint density at radius 1 is 1.36 bits per heavy atom. The number of aromatic nitrogens is 1. The van der Waals surface area contributed by atoms with Crippen molar-refractivity contribution in [2.45, 2.75) is 19.1 Å². The number of carbonyl (C=O) groups excluding carboxylic acids is 1. The van der Waals surface area contributed by atoms with E-state index in [2.05, 4.69) is 10.3 Å². The molecule has 1 atom stereocenters. The van der Waals surface area contributed by atoms with E-state index in [0.29, 0.717) is 10.6 Å². The number of ether oxygens (including phenoxy) is 1. The zero-order chi connectivity index (χ0) is 15.9. The van der Waals surface area contributed by atoms with Crippen molar-refractivity contribution >= 4 is 23.2 Å². The van der Waals surface area contributed by atoms with Gasteiger partial charge in [-0.05, 0) is 5.56 Å². The van der Waals surface area contributed by atoms with E-state index in [1.165, 1.54) is 12.6 Å². The highest BCUT2D eigenvalue weighted by Crippen LogP contribution is 2.15. The maximum Gasteiger partial charge on any atom is 0.326 e. The number of benzene rings is 1. The fourth-order valence-electron chi connectivity index (χ4n) is 1.97. The third kappa shape index (κ3) is 4.12. The van der Waals surface area contributed by atoms with Crippen molar-refractivity contribution in [3.63, 3.8) is 0 Å². The lowest BCUT2D eigenvalue weighted by Gasteiger charge is -2.14. The molecule has 2 N–H and O–H groups in total. The average molecular weight is 320 g/mol. The van der Waals surface area contributed by atoms with Gasteiger partial charge in [-0.25, -0.2) is 9.78 Å². The van der Waals surface area contributed by atoms with Crippen molar-refractivity contribution in [2.75, 3.05) is 7.11 Å². The summed E-state index contributed by atoms with van der Waals surface area (Å²) in [5, 5.41) is 11.8. The molecule has 0 bridgehead atoms. The molecule has 0 spiro atoms. The molecule has 0 fully saturated rings. The average Bonchev–Trinajstić information content (AvgIpc) is 2.96. The number of amides is 1. The standard InChI is InChI=1S/C15H16N2O4S/c1-21-8-12-13(22-9-16-12)14(18)17-11(15(19)20)7-10-5-3-2-4-6-10/h2-6,9,11H,7-8H2,1H3,(H,17,18)(H,19,20)/t11-/m0/s1. The lowest BCUT2D eigenvalue weighted by molar-refractivity contribution is -0.139. The van der Waals surface area contributed by atoms with E-state index in [1.54, 1.807) is 0 Å². The molecule has 22 heavy (non-hydrogen) atoms. The second-order valence-corrected chi connectivity index (χ2v) is 5.47. The van der Waals surface area contributed by atoms with E-state index in [-0.39, 0.29) is 13.0 Å². The third-order valence-electron chi connectivity index (χ3n) is 3.01. The third-order valence-corrected chi connectivity index (χ3v) is 3.88. The molecule has 1 aromatic carbocycles. The van der Waals surface area contributed by atoms with Gasteiger partial charge in [0.2, 0.25) is 0 Å². The highest BCUT2D eigenvalue weighted by atomic mass is 32.1. The number of hydrogen-bond donors (Lipinski definition) is 2. The second-order valence-electron chi connectivity index (χ2n) is 4.62. The molecule has 0 unspecified atom stereocenters. The van der Waals surface area contributed by atoms with Crippen LogP contribution in [0.5, 0.6) is 0 Å². The van der Waals surface area contributed by atoms with Crippen molar-refractivity contribution in [2.24, 2.45) is 0 Å². The van der Waals surface area contributed by atoms with E-state index >= 15 is 0 Å². The Hall–Kier alpha value is -2.25. The molecule has 1 aromatic heterocycles. The summed E-state index contributed by atoms with van der Waals surface area (Å²) in [6, 6.07) is 8.17. The second kappa shape index (κ2) is 7.67. The monoisotopic (exact) mass is 320 g/mol. The van der Waals surface area contributed by atoms with Crippen molar-refractivity contribution < 1.29 is 19.4 Å². The molecule has 0 saturated carbocycles. The molecule has 0 aliphatic carbocycles. The van der Waals surface area contributed by atoms with Gasteiger partial charge in [-0.1, -0.05) is 30.3 Å². The van der Waals surface area contributed by atoms with Crippen LogP contribution in [0.2, 0.25) is 0 Å². The van der Waals surface area contributed by atoms with Crippen LogP contribution < -0.4 is 5.32 Å². The van der Waals surface area contributed by atoms with Crippen LogP contribution in [-0.2, 0) is 22.6 Å². The number of rotatable bonds is 7. The van der Waals surface area contributed by atoms with Crippen molar-refractivity contribution in [3.8, 4) is 0 Å². The Bertz CT molecular complexity index is 642. The van der Waals surface area contributed by atoms with Gasteiger partial charge in [-0.2, -0.15) is 0 Å². The zero-order valence-electron chi connectivity index (χ0n) is 12.0. The largest absolute Gasteiger partial charge is 0.480 e. The predicted octanol–water partition coefficient (Wildman–Crippen LogP) is 1.72. The number of nitrogens with zero attached hydrogens (tertiary/aromatic N) is 1. The molecular weight excluding hydrogens is 304 g/mol. The maximum atomic E-state index is 12.2. The van der Waals surface area contributed by atoms with Crippen LogP contribution in [0.1, 0.15) is 20.9 Å². The van der Waals surface area contributed by atoms with E-state index in [0.717, 1.165) is 16.9 Å². The number of hydrogen-bond acceptors (Lipinski definition) is 5. The fraction of sp³-hybridized carbons (Fsp3) is 0.267. The Morgan fingerprint density at radius 2 is 2.09 bits per heavy atom. The Labute approximate surface area is 131 Å². The predicted molar refractivity (Wildman–Crippen MR) is 81.9 cm³/mol. The summed E-state index contributed by atoms with van der Waals surface area (Å²) < 4.78 is 4.97. The molecule has 0 aliphatic heterocycles. The van der Waals surface area contributed by atoms with E-state index in [9.17, 15) is 14.7 Å². The first kappa shape index (κ1) is 16.1. The number of carboxylic acids is 1.